The highest BCUT2D eigenvalue weighted by Gasteiger charge is 2.26. The summed E-state index contributed by atoms with van der Waals surface area (Å²) in [6.45, 7) is 0.857. The summed E-state index contributed by atoms with van der Waals surface area (Å²) in [5, 5.41) is 7.41. The van der Waals surface area contributed by atoms with Crippen molar-refractivity contribution in [2.75, 3.05) is 12.8 Å². The monoisotopic (exact) mass is 256 g/mol. The van der Waals surface area contributed by atoms with Gasteiger partial charge in [0.15, 0.2) is 0 Å². The van der Waals surface area contributed by atoms with Crippen LogP contribution in [0.25, 0.3) is 0 Å². The topological polar surface area (TPSA) is 41.1 Å². The third-order valence-electron chi connectivity index (χ3n) is 3.98. The predicted molar refractivity (Wildman–Crippen MR) is 73.3 cm³/mol. The highest BCUT2D eigenvalue weighted by atomic mass is 32.2. The van der Waals surface area contributed by atoms with Crippen LogP contribution < -0.4 is 10.6 Å². The van der Waals surface area contributed by atoms with Crippen molar-refractivity contribution in [2.45, 2.75) is 62.3 Å². The highest BCUT2D eigenvalue weighted by molar-refractivity contribution is 7.99. The first-order valence-corrected chi connectivity index (χ1v) is 8.15. The number of carbonyl (C=O) groups excluding carboxylic acids is 1. The molecule has 1 saturated carbocycles. The average Bonchev–Trinajstić information content (AvgIpc) is 2.56. The van der Waals surface area contributed by atoms with Gasteiger partial charge in [-0.2, -0.15) is 11.8 Å². The Hall–Kier alpha value is -0.220. The number of thioether (sulfide) groups is 1. The maximum atomic E-state index is 11.8. The molecule has 3 nitrogen and oxygen atoms in total. The zero-order valence-corrected chi connectivity index (χ0v) is 11.5. The van der Waals surface area contributed by atoms with Crippen LogP contribution in [0.5, 0.6) is 0 Å². The molecule has 0 radical (unpaired) electrons. The van der Waals surface area contributed by atoms with Crippen LogP contribution in [0.4, 0.5) is 0 Å². The Bertz CT molecular complexity index is 252. The second-order valence-electron chi connectivity index (χ2n) is 5.22. The van der Waals surface area contributed by atoms with Crippen LogP contribution in [0.1, 0.15) is 44.9 Å². The van der Waals surface area contributed by atoms with Gasteiger partial charge in [0, 0.05) is 17.8 Å². The van der Waals surface area contributed by atoms with Crippen LogP contribution in [-0.2, 0) is 4.79 Å². The largest absolute Gasteiger partial charge is 0.355 e. The Morgan fingerprint density at radius 1 is 1.18 bits per heavy atom. The van der Waals surface area contributed by atoms with Crippen LogP contribution in [0.2, 0.25) is 0 Å². The Balaban J connectivity index is 1.78. The van der Waals surface area contributed by atoms with Crippen molar-refractivity contribution in [3.8, 4) is 0 Å². The summed E-state index contributed by atoms with van der Waals surface area (Å²) < 4.78 is 0. The van der Waals surface area contributed by atoms with Crippen LogP contribution in [0, 0.1) is 0 Å². The third kappa shape index (κ3) is 3.88. The fraction of sp³-hybridized carbons (Fsp3) is 0.923. The molecule has 98 valence electrons. The Kier molecular flexibility index (Phi) is 5.16. The van der Waals surface area contributed by atoms with Gasteiger partial charge in [-0.15, -0.1) is 0 Å². The number of rotatable bonds is 3. The summed E-state index contributed by atoms with van der Waals surface area (Å²) >= 11 is 1.99. The molecule has 4 heteroatoms. The van der Waals surface area contributed by atoms with E-state index in [1.165, 1.54) is 25.7 Å². The second kappa shape index (κ2) is 6.64. The van der Waals surface area contributed by atoms with Gasteiger partial charge in [0.05, 0.1) is 6.04 Å². The van der Waals surface area contributed by atoms with E-state index in [4.69, 9.17) is 0 Å². The lowest BCUT2D eigenvalue weighted by molar-refractivity contribution is -0.123. The minimum Gasteiger partial charge on any atom is -0.355 e. The van der Waals surface area contributed by atoms with Crippen molar-refractivity contribution in [3.05, 3.63) is 0 Å². The molecule has 2 N–H and O–H groups in total. The van der Waals surface area contributed by atoms with Gasteiger partial charge < -0.3 is 10.6 Å². The van der Waals surface area contributed by atoms with Crippen molar-refractivity contribution in [3.63, 3.8) is 0 Å². The molecule has 1 atom stereocenters. The van der Waals surface area contributed by atoms with Gasteiger partial charge in [-0.05, 0) is 51.2 Å². The van der Waals surface area contributed by atoms with Gasteiger partial charge in [0.25, 0.3) is 0 Å². The molecule has 1 heterocycles. The summed E-state index contributed by atoms with van der Waals surface area (Å²) in [4.78, 5) is 11.8. The van der Waals surface area contributed by atoms with E-state index in [1.807, 2.05) is 11.8 Å². The predicted octanol–water partition coefficient (Wildman–Crippen LogP) is 1.92. The Labute approximate surface area is 108 Å². The van der Waals surface area contributed by atoms with E-state index in [2.05, 4.69) is 16.9 Å². The smallest absolute Gasteiger partial charge is 0.237 e. The molecule has 0 bridgehead atoms. The highest BCUT2D eigenvalue weighted by Crippen LogP contribution is 2.27. The molecule has 0 aromatic carbocycles. The summed E-state index contributed by atoms with van der Waals surface area (Å²) in [6.07, 6.45) is 10.6. The van der Waals surface area contributed by atoms with Crippen molar-refractivity contribution < 1.29 is 4.79 Å². The van der Waals surface area contributed by atoms with Gasteiger partial charge in [-0.3, -0.25) is 4.79 Å². The van der Waals surface area contributed by atoms with E-state index in [1.54, 1.807) is 0 Å². The zero-order valence-electron chi connectivity index (χ0n) is 10.7. The van der Waals surface area contributed by atoms with Crippen molar-refractivity contribution in [2.24, 2.45) is 0 Å². The molecule has 1 saturated heterocycles. The fourth-order valence-corrected chi connectivity index (χ4v) is 3.59. The molecule has 2 aliphatic rings. The van der Waals surface area contributed by atoms with E-state index >= 15 is 0 Å². The molecular weight excluding hydrogens is 232 g/mol. The minimum absolute atomic E-state index is 0.0633. The summed E-state index contributed by atoms with van der Waals surface area (Å²) in [5.41, 5.74) is 0. The lowest BCUT2D eigenvalue weighted by atomic mass is 9.94. The number of amides is 1. The second-order valence-corrected chi connectivity index (χ2v) is 6.35. The standard InChI is InChI=1S/C13H24N2OS/c1-17-11-7-5-10(6-8-11)15-12-4-2-3-9-14-13(12)16/h10-12,15H,2-9H2,1H3,(H,14,16). The van der Waals surface area contributed by atoms with Crippen LogP contribution in [0.3, 0.4) is 0 Å². The van der Waals surface area contributed by atoms with E-state index < -0.39 is 0 Å². The maximum Gasteiger partial charge on any atom is 0.237 e. The third-order valence-corrected chi connectivity index (χ3v) is 5.12. The number of nitrogens with one attached hydrogen (secondary N) is 2. The quantitative estimate of drug-likeness (QED) is 0.810. The first kappa shape index (κ1) is 13.2. The van der Waals surface area contributed by atoms with Gasteiger partial charge in [-0.1, -0.05) is 0 Å². The SMILES string of the molecule is CSC1CCC(NC2CCCCNC2=O)CC1. The lowest BCUT2D eigenvalue weighted by Gasteiger charge is -2.30. The molecule has 1 unspecified atom stereocenters. The fourth-order valence-electron chi connectivity index (χ4n) is 2.85. The van der Waals surface area contributed by atoms with Gasteiger partial charge in [0.1, 0.15) is 0 Å². The van der Waals surface area contributed by atoms with E-state index in [0.29, 0.717) is 6.04 Å². The Morgan fingerprint density at radius 2 is 1.94 bits per heavy atom. The van der Waals surface area contributed by atoms with Crippen molar-refractivity contribution in [1.29, 1.82) is 0 Å². The Morgan fingerprint density at radius 3 is 2.65 bits per heavy atom. The summed E-state index contributed by atoms with van der Waals surface area (Å²) in [7, 11) is 0. The maximum absolute atomic E-state index is 11.8. The summed E-state index contributed by atoms with van der Waals surface area (Å²) in [5.74, 6) is 0.217. The minimum atomic E-state index is 0.0633. The van der Waals surface area contributed by atoms with E-state index in [9.17, 15) is 4.79 Å². The molecule has 2 fully saturated rings. The van der Waals surface area contributed by atoms with Gasteiger partial charge in [-0.25, -0.2) is 0 Å². The molecule has 2 rings (SSSR count). The number of hydrogen-bond donors (Lipinski definition) is 2. The lowest BCUT2D eigenvalue weighted by Crippen LogP contribution is -2.48. The molecule has 1 aliphatic heterocycles. The molecule has 0 aromatic heterocycles. The van der Waals surface area contributed by atoms with Gasteiger partial charge in [0.2, 0.25) is 5.91 Å². The van der Waals surface area contributed by atoms with E-state index in [-0.39, 0.29) is 11.9 Å². The van der Waals surface area contributed by atoms with Crippen LogP contribution >= 0.6 is 11.8 Å². The van der Waals surface area contributed by atoms with Crippen LogP contribution in [0.15, 0.2) is 0 Å². The zero-order chi connectivity index (χ0) is 12.1. The molecule has 0 aromatic rings. The number of carbonyl (C=O) groups is 1. The van der Waals surface area contributed by atoms with E-state index in [0.717, 1.165) is 31.1 Å². The van der Waals surface area contributed by atoms with Crippen molar-refractivity contribution >= 4 is 17.7 Å². The molecule has 1 amide bonds. The normalized spacial score (nSPS) is 35.1. The van der Waals surface area contributed by atoms with Crippen LogP contribution in [-0.4, -0.2) is 36.0 Å². The molecule has 0 spiro atoms. The summed E-state index contributed by atoms with van der Waals surface area (Å²) in [6, 6.07) is 0.626. The molecular formula is C13H24N2OS. The average molecular weight is 256 g/mol. The number of hydrogen-bond acceptors (Lipinski definition) is 3. The molecule has 1 aliphatic carbocycles. The first-order valence-electron chi connectivity index (χ1n) is 6.86. The first-order chi connectivity index (χ1) is 8.29. The molecule has 17 heavy (non-hydrogen) atoms. The van der Waals surface area contributed by atoms with Gasteiger partial charge >= 0.3 is 0 Å². The van der Waals surface area contributed by atoms with Crippen molar-refractivity contribution in [1.82, 2.24) is 10.6 Å².